The van der Waals surface area contributed by atoms with Crippen LogP contribution < -0.4 is 10.5 Å². The Hall–Kier alpha value is -3.31. The SMILES string of the molecule is CS(=O)(=O)Nc1ccc(-c2noc(C3CCCN3C(=O)CC(N)Cc3ccccc3F)n2)cc1. The largest absolute Gasteiger partial charge is 0.337 e. The first-order valence-electron chi connectivity index (χ1n) is 10.9. The number of benzene rings is 2. The van der Waals surface area contributed by atoms with Crippen LogP contribution in [0.4, 0.5) is 10.1 Å². The van der Waals surface area contributed by atoms with Crippen LogP contribution in [0.5, 0.6) is 0 Å². The number of nitrogens with zero attached hydrogens (tertiary/aromatic N) is 3. The van der Waals surface area contributed by atoms with Gasteiger partial charge in [-0.05, 0) is 55.2 Å². The maximum absolute atomic E-state index is 13.9. The van der Waals surface area contributed by atoms with Crippen LogP contribution in [-0.4, -0.2) is 48.2 Å². The highest BCUT2D eigenvalue weighted by Gasteiger charge is 2.34. The van der Waals surface area contributed by atoms with Crippen molar-refractivity contribution in [3.63, 3.8) is 0 Å². The summed E-state index contributed by atoms with van der Waals surface area (Å²) < 4.78 is 44.5. The van der Waals surface area contributed by atoms with Crippen LogP contribution in [0.2, 0.25) is 0 Å². The van der Waals surface area contributed by atoms with E-state index in [-0.39, 0.29) is 30.6 Å². The van der Waals surface area contributed by atoms with Gasteiger partial charge in [-0.3, -0.25) is 9.52 Å². The molecule has 0 spiro atoms. The summed E-state index contributed by atoms with van der Waals surface area (Å²) in [7, 11) is -3.37. The van der Waals surface area contributed by atoms with Gasteiger partial charge in [-0.1, -0.05) is 23.4 Å². The number of nitrogens with one attached hydrogen (secondary N) is 1. The minimum absolute atomic E-state index is 0.0840. The predicted octanol–water partition coefficient (Wildman–Crippen LogP) is 2.87. The molecule has 1 aliphatic heterocycles. The molecule has 11 heteroatoms. The van der Waals surface area contributed by atoms with Crippen LogP contribution in [0.3, 0.4) is 0 Å². The lowest BCUT2D eigenvalue weighted by Crippen LogP contribution is -2.36. The molecule has 0 bridgehead atoms. The number of carbonyl (C=O) groups excluding carboxylic acids is 1. The van der Waals surface area contributed by atoms with Gasteiger partial charge in [0.05, 0.1) is 6.26 Å². The lowest BCUT2D eigenvalue weighted by atomic mass is 10.0. The van der Waals surface area contributed by atoms with Crippen LogP contribution >= 0.6 is 0 Å². The molecule has 34 heavy (non-hydrogen) atoms. The molecule has 1 amide bonds. The second kappa shape index (κ2) is 9.90. The van der Waals surface area contributed by atoms with Crippen LogP contribution in [0.1, 0.15) is 36.8 Å². The Labute approximate surface area is 197 Å². The van der Waals surface area contributed by atoms with Crippen molar-refractivity contribution in [2.24, 2.45) is 5.73 Å². The van der Waals surface area contributed by atoms with Crippen LogP contribution in [0.15, 0.2) is 53.1 Å². The Bertz CT molecular complexity index is 1260. The molecule has 2 atom stereocenters. The summed E-state index contributed by atoms with van der Waals surface area (Å²) in [5.41, 5.74) is 7.71. The number of sulfonamides is 1. The minimum atomic E-state index is -3.37. The fourth-order valence-corrected chi connectivity index (χ4v) is 4.64. The fourth-order valence-electron chi connectivity index (χ4n) is 4.07. The summed E-state index contributed by atoms with van der Waals surface area (Å²) in [6.07, 6.45) is 2.91. The van der Waals surface area contributed by atoms with E-state index in [1.54, 1.807) is 47.4 Å². The first-order valence-corrected chi connectivity index (χ1v) is 12.8. The van der Waals surface area contributed by atoms with Gasteiger partial charge in [0.2, 0.25) is 27.6 Å². The molecule has 0 saturated carbocycles. The Morgan fingerprint density at radius 3 is 2.71 bits per heavy atom. The summed E-state index contributed by atoms with van der Waals surface area (Å²) in [5.74, 6) is 0.212. The van der Waals surface area contributed by atoms with Gasteiger partial charge in [-0.2, -0.15) is 4.98 Å². The van der Waals surface area contributed by atoms with E-state index in [0.29, 0.717) is 41.5 Å². The number of rotatable bonds is 8. The van der Waals surface area contributed by atoms with Crippen LogP contribution in [0, 0.1) is 5.82 Å². The van der Waals surface area contributed by atoms with Crippen molar-refractivity contribution in [3.05, 3.63) is 65.8 Å². The standard InChI is InChI=1S/C23H26FN5O4S/c1-34(31,32)28-18-10-8-15(9-11-18)22-26-23(33-27-22)20-7-4-12-29(20)21(30)14-17(25)13-16-5-2-3-6-19(16)24/h2-3,5-6,8-11,17,20,28H,4,7,12-14,25H2,1H3. The van der Waals surface area contributed by atoms with Crippen molar-refractivity contribution in [1.29, 1.82) is 0 Å². The molecule has 2 unspecified atom stereocenters. The summed E-state index contributed by atoms with van der Waals surface area (Å²) in [4.78, 5) is 19.1. The highest BCUT2D eigenvalue weighted by atomic mass is 32.2. The number of hydrogen-bond acceptors (Lipinski definition) is 7. The number of anilines is 1. The minimum Gasteiger partial charge on any atom is -0.337 e. The zero-order chi connectivity index (χ0) is 24.3. The normalized spacial score (nSPS) is 17.0. The van der Waals surface area contributed by atoms with Gasteiger partial charge in [0.15, 0.2) is 0 Å². The highest BCUT2D eigenvalue weighted by Crippen LogP contribution is 2.33. The van der Waals surface area contributed by atoms with E-state index in [2.05, 4.69) is 14.9 Å². The average Bonchev–Trinajstić information content (AvgIpc) is 3.44. The lowest BCUT2D eigenvalue weighted by molar-refractivity contribution is -0.132. The fraction of sp³-hybridized carbons (Fsp3) is 0.348. The van der Waals surface area contributed by atoms with E-state index in [1.165, 1.54) is 6.07 Å². The summed E-state index contributed by atoms with van der Waals surface area (Å²) in [6, 6.07) is 12.1. The zero-order valence-electron chi connectivity index (χ0n) is 18.6. The number of halogens is 1. The van der Waals surface area contributed by atoms with E-state index < -0.39 is 16.1 Å². The third kappa shape index (κ3) is 5.78. The van der Waals surface area contributed by atoms with Crippen molar-refractivity contribution >= 4 is 21.6 Å². The molecular formula is C23H26FN5O4S. The second-order valence-electron chi connectivity index (χ2n) is 8.41. The van der Waals surface area contributed by atoms with E-state index in [1.807, 2.05) is 0 Å². The molecular weight excluding hydrogens is 461 g/mol. The third-order valence-corrected chi connectivity index (χ3v) is 6.23. The van der Waals surface area contributed by atoms with Gasteiger partial charge in [0.25, 0.3) is 0 Å². The quantitative estimate of drug-likeness (QED) is 0.499. The number of hydrogen-bond donors (Lipinski definition) is 2. The summed E-state index contributed by atoms with van der Waals surface area (Å²) in [6.45, 7) is 0.555. The maximum Gasteiger partial charge on any atom is 0.249 e. The number of carbonyl (C=O) groups is 1. The van der Waals surface area contributed by atoms with E-state index >= 15 is 0 Å². The number of nitrogens with two attached hydrogens (primary N) is 1. The Morgan fingerprint density at radius 2 is 2.00 bits per heavy atom. The molecule has 0 aliphatic carbocycles. The number of aromatic nitrogens is 2. The monoisotopic (exact) mass is 487 g/mol. The molecule has 2 aromatic carbocycles. The first-order chi connectivity index (χ1) is 16.2. The topological polar surface area (TPSA) is 131 Å². The third-order valence-electron chi connectivity index (χ3n) is 5.62. The molecule has 3 N–H and O–H groups in total. The van der Waals surface area contributed by atoms with Crippen molar-refractivity contribution in [2.75, 3.05) is 17.5 Å². The van der Waals surface area contributed by atoms with Gasteiger partial charge in [-0.15, -0.1) is 0 Å². The molecule has 3 aromatic rings. The Morgan fingerprint density at radius 1 is 1.26 bits per heavy atom. The smallest absolute Gasteiger partial charge is 0.249 e. The van der Waals surface area contributed by atoms with Crippen LogP contribution in [-0.2, 0) is 21.2 Å². The predicted molar refractivity (Wildman–Crippen MR) is 125 cm³/mol. The van der Waals surface area contributed by atoms with Gasteiger partial charge < -0.3 is 15.2 Å². The Balaban J connectivity index is 1.41. The molecule has 9 nitrogen and oxygen atoms in total. The molecule has 1 aromatic heterocycles. The zero-order valence-corrected chi connectivity index (χ0v) is 19.5. The maximum atomic E-state index is 13.9. The second-order valence-corrected chi connectivity index (χ2v) is 10.2. The lowest BCUT2D eigenvalue weighted by Gasteiger charge is -2.23. The number of likely N-dealkylation sites (tertiary alicyclic amines) is 1. The molecule has 0 radical (unpaired) electrons. The van der Waals surface area contributed by atoms with Gasteiger partial charge in [0.1, 0.15) is 11.9 Å². The van der Waals surface area contributed by atoms with E-state index in [4.69, 9.17) is 10.3 Å². The Kier molecular flexibility index (Phi) is 6.94. The average molecular weight is 488 g/mol. The van der Waals surface area contributed by atoms with Crippen molar-refractivity contribution in [3.8, 4) is 11.4 Å². The molecule has 1 fully saturated rings. The first kappa shape index (κ1) is 23.8. The molecule has 2 heterocycles. The summed E-state index contributed by atoms with van der Waals surface area (Å²) in [5, 5.41) is 4.03. The van der Waals surface area contributed by atoms with E-state index in [0.717, 1.165) is 12.7 Å². The van der Waals surface area contributed by atoms with Crippen molar-refractivity contribution in [2.45, 2.75) is 37.8 Å². The van der Waals surface area contributed by atoms with Gasteiger partial charge >= 0.3 is 0 Å². The molecule has 1 aliphatic rings. The van der Waals surface area contributed by atoms with Crippen molar-refractivity contribution in [1.82, 2.24) is 15.0 Å². The highest BCUT2D eigenvalue weighted by molar-refractivity contribution is 7.92. The molecule has 4 rings (SSSR count). The van der Waals surface area contributed by atoms with Gasteiger partial charge in [-0.25, -0.2) is 12.8 Å². The van der Waals surface area contributed by atoms with Crippen LogP contribution in [0.25, 0.3) is 11.4 Å². The van der Waals surface area contributed by atoms with Gasteiger partial charge in [0, 0.05) is 30.3 Å². The molecule has 180 valence electrons. The van der Waals surface area contributed by atoms with Crippen molar-refractivity contribution < 1.29 is 22.1 Å². The molecule has 1 saturated heterocycles. The van der Waals surface area contributed by atoms with E-state index in [9.17, 15) is 17.6 Å². The number of amides is 1. The summed E-state index contributed by atoms with van der Waals surface area (Å²) >= 11 is 0.